The fourth-order valence-electron chi connectivity index (χ4n) is 2.26. The van der Waals surface area contributed by atoms with E-state index in [0.29, 0.717) is 13.2 Å². The van der Waals surface area contributed by atoms with Crippen LogP contribution in [0.3, 0.4) is 0 Å². The number of amides is 1. The summed E-state index contributed by atoms with van der Waals surface area (Å²) in [6.45, 7) is 4.65. The van der Waals surface area contributed by atoms with Crippen molar-refractivity contribution in [2.75, 3.05) is 26.2 Å². The second-order valence-corrected chi connectivity index (χ2v) is 5.06. The molecule has 0 bridgehead atoms. The third-order valence-corrected chi connectivity index (χ3v) is 3.39. The molecule has 1 heterocycles. The van der Waals surface area contributed by atoms with Crippen molar-refractivity contribution in [2.24, 2.45) is 0 Å². The molecule has 1 aliphatic heterocycles. The van der Waals surface area contributed by atoms with E-state index in [-0.39, 0.29) is 17.6 Å². The number of hydrogen-bond acceptors (Lipinski definition) is 3. The minimum atomic E-state index is -0.493. The Morgan fingerprint density at radius 3 is 2.95 bits per heavy atom. The van der Waals surface area contributed by atoms with E-state index in [4.69, 9.17) is 4.74 Å². The van der Waals surface area contributed by atoms with Gasteiger partial charge in [0.05, 0.1) is 18.3 Å². The van der Waals surface area contributed by atoms with Gasteiger partial charge in [-0.1, -0.05) is 11.6 Å². The summed E-state index contributed by atoms with van der Waals surface area (Å²) in [5, 5.41) is 5.95. The van der Waals surface area contributed by atoms with E-state index >= 15 is 0 Å². The zero-order valence-electron chi connectivity index (χ0n) is 11.7. The van der Waals surface area contributed by atoms with Gasteiger partial charge in [0.2, 0.25) is 0 Å². The van der Waals surface area contributed by atoms with E-state index < -0.39 is 5.82 Å². The summed E-state index contributed by atoms with van der Waals surface area (Å²) in [5.74, 6) is -0.882. The van der Waals surface area contributed by atoms with Crippen molar-refractivity contribution < 1.29 is 13.9 Å². The highest BCUT2D eigenvalue weighted by Gasteiger charge is 2.14. The first-order chi connectivity index (χ1) is 9.66. The number of benzene rings is 1. The molecule has 5 heteroatoms. The van der Waals surface area contributed by atoms with Gasteiger partial charge in [-0.15, -0.1) is 0 Å². The van der Waals surface area contributed by atoms with Crippen LogP contribution in [0.1, 0.15) is 28.8 Å². The third-order valence-electron chi connectivity index (χ3n) is 3.39. The lowest BCUT2D eigenvalue weighted by Crippen LogP contribution is -2.35. The molecule has 1 saturated heterocycles. The lowest BCUT2D eigenvalue weighted by Gasteiger charge is -2.22. The van der Waals surface area contributed by atoms with Crippen molar-refractivity contribution in [1.82, 2.24) is 10.6 Å². The van der Waals surface area contributed by atoms with E-state index in [0.717, 1.165) is 31.5 Å². The van der Waals surface area contributed by atoms with Crippen molar-refractivity contribution in [2.45, 2.75) is 25.9 Å². The van der Waals surface area contributed by atoms with Gasteiger partial charge in [-0.3, -0.25) is 4.79 Å². The number of piperidine rings is 1. The maximum absolute atomic E-state index is 13.5. The number of carbonyl (C=O) groups is 1. The third kappa shape index (κ3) is 4.28. The summed E-state index contributed by atoms with van der Waals surface area (Å²) in [6.07, 6.45) is 2.27. The average Bonchev–Trinajstić information content (AvgIpc) is 2.47. The molecule has 1 aromatic rings. The molecule has 4 nitrogen and oxygen atoms in total. The topological polar surface area (TPSA) is 50.4 Å². The smallest absolute Gasteiger partial charge is 0.254 e. The van der Waals surface area contributed by atoms with Gasteiger partial charge in [-0.25, -0.2) is 4.39 Å². The predicted molar refractivity (Wildman–Crippen MR) is 75.3 cm³/mol. The lowest BCUT2D eigenvalue weighted by atomic mass is 10.1. The molecule has 0 spiro atoms. The molecule has 20 heavy (non-hydrogen) atoms. The summed E-state index contributed by atoms with van der Waals surface area (Å²) in [7, 11) is 0. The highest BCUT2D eigenvalue weighted by molar-refractivity contribution is 5.94. The Bertz CT molecular complexity index is 459. The molecular weight excluding hydrogens is 259 g/mol. The maximum atomic E-state index is 13.5. The van der Waals surface area contributed by atoms with Gasteiger partial charge < -0.3 is 15.4 Å². The van der Waals surface area contributed by atoms with E-state index in [9.17, 15) is 9.18 Å². The van der Waals surface area contributed by atoms with Crippen molar-refractivity contribution in [3.8, 4) is 0 Å². The molecule has 0 unspecified atom stereocenters. The fourth-order valence-corrected chi connectivity index (χ4v) is 2.26. The van der Waals surface area contributed by atoms with Crippen LogP contribution in [0.25, 0.3) is 0 Å². The number of ether oxygens (including phenoxy) is 1. The molecule has 0 aromatic heterocycles. The first kappa shape index (κ1) is 14.9. The number of halogens is 1. The predicted octanol–water partition coefficient (Wildman–Crippen LogP) is 1.63. The van der Waals surface area contributed by atoms with Crippen LogP contribution in [0.15, 0.2) is 18.2 Å². The molecule has 110 valence electrons. The summed E-state index contributed by atoms with van der Waals surface area (Å²) >= 11 is 0. The Kier molecular flexibility index (Phi) is 5.49. The maximum Gasteiger partial charge on any atom is 0.254 e. The van der Waals surface area contributed by atoms with Gasteiger partial charge in [0, 0.05) is 6.54 Å². The molecule has 0 saturated carbocycles. The molecule has 0 aliphatic carbocycles. The Hall–Kier alpha value is -1.46. The second-order valence-electron chi connectivity index (χ2n) is 5.06. The van der Waals surface area contributed by atoms with Gasteiger partial charge in [0.25, 0.3) is 5.91 Å². The minimum absolute atomic E-state index is 0.0897. The zero-order chi connectivity index (χ0) is 14.4. The molecule has 1 amide bonds. The minimum Gasteiger partial charge on any atom is -0.376 e. The zero-order valence-corrected chi connectivity index (χ0v) is 11.7. The highest BCUT2D eigenvalue weighted by Crippen LogP contribution is 2.10. The summed E-state index contributed by atoms with van der Waals surface area (Å²) in [6, 6.07) is 4.51. The lowest BCUT2D eigenvalue weighted by molar-refractivity contribution is 0.0343. The normalized spacial score (nSPS) is 16.1. The van der Waals surface area contributed by atoms with Crippen LogP contribution in [0, 0.1) is 12.7 Å². The first-order valence-electron chi connectivity index (χ1n) is 7.03. The van der Waals surface area contributed by atoms with Gasteiger partial charge >= 0.3 is 0 Å². The standard InChI is InChI=1S/C15H21FN2O2/c1-11-2-3-14(16)13(10-11)15(19)18-8-9-20-12-4-6-17-7-5-12/h2-3,10,12,17H,4-9H2,1H3,(H,18,19). The van der Waals surface area contributed by atoms with E-state index in [2.05, 4.69) is 10.6 Å². The average molecular weight is 280 g/mol. The molecule has 0 atom stereocenters. The molecule has 1 fully saturated rings. The van der Waals surface area contributed by atoms with Crippen molar-refractivity contribution >= 4 is 5.91 Å². The van der Waals surface area contributed by atoms with Crippen LogP contribution in [-0.4, -0.2) is 38.3 Å². The highest BCUT2D eigenvalue weighted by atomic mass is 19.1. The summed E-state index contributed by atoms with van der Waals surface area (Å²) in [5.41, 5.74) is 0.953. The SMILES string of the molecule is Cc1ccc(F)c(C(=O)NCCOC2CCNCC2)c1. The van der Waals surface area contributed by atoms with Gasteiger partial charge in [-0.2, -0.15) is 0 Å². The van der Waals surface area contributed by atoms with Crippen LogP contribution in [0.2, 0.25) is 0 Å². The van der Waals surface area contributed by atoms with E-state index in [1.165, 1.54) is 6.07 Å². The molecule has 2 N–H and O–H groups in total. The Morgan fingerprint density at radius 2 is 2.20 bits per heavy atom. The first-order valence-corrected chi connectivity index (χ1v) is 7.03. The molecule has 0 radical (unpaired) electrons. The van der Waals surface area contributed by atoms with Crippen LogP contribution in [-0.2, 0) is 4.74 Å². The summed E-state index contributed by atoms with van der Waals surface area (Å²) < 4.78 is 19.2. The molecule has 1 aromatic carbocycles. The molecule has 2 rings (SSSR count). The second kappa shape index (κ2) is 7.36. The van der Waals surface area contributed by atoms with Crippen LogP contribution in [0.5, 0.6) is 0 Å². The number of nitrogens with one attached hydrogen (secondary N) is 2. The Morgan fingerprint density at radius 1 is 1.45 bits per heavy atom. The Labute approximate surface area is 118 Å². The monoisotopic (exact) mass is 280 g/mol. The van der Waals surface area contributed by atoms with Gasteiger partial charge in [0.15, 0.2) is 0 Å². The molecular formula is C15H21FN2O2. The Balaban J connectivity index is 1.73. The van der Waals surface area contributed by atoms with Crippen LogP contribution < -0.4 is 10.6 Å². The van der Waals surface area contributed by atoms with Crippen molar-refractivity contribution in [3.05, 3.63) is 35.1 Å². The number of aryl methyl sites for hydroxylation is 1. The van der Waals surface area contributed by atoms with Crippen molar-refractivity contribution in [3.63, 3.8) is 0 Å². The summed E-state index contributed by atoms with van der Waals surface area (Å²) in [4.78, 5) is 11.9. The number of hydrogen-bond donors (Lipinski definition) is 2. The van der Waals surface area contributed by atoms with Crippen LogP contribution >= 0.6 is 0 Å². The number of carbonyl (C=O) groups excluding carboxylic acids is 1. The van der Waals surface area contributed by atoms with E-state index in [1.807, 2.05) is 6.92 Å². The molecule has 1 aliphatic rings. The number of rotatable bonds is 5. The quantitative estimate of drug-likeness (QED) is 0.806. The van der Waals surface area contributed by atoms with Gasteiger partial charge in [-0.05, 0) is 45.0 Å². The van der Waals surface area contributed by atoms with E-state index in [1.54, 1.807) is 12.1 Å². The fraction of sp³-hybridized carbons (Fsp3) is 0.533. The van der Waals surface area contributed by atoms with Crippen LogP contribution in [0.4, 0.5) is 4.39 Å². The van der Waals surface area contributed by atoms with Gasteiger partial charge in [0.1, 0.15) is 5.82 Å². The van der Waals surface area contributed by atoms with Crippen molar-refractivity contribution in [1.29, 1.82) is 0 Å². The largest absolute Gasteiger partial charge is 0.376 e.